The fraction of sp³-hybridized carbons (Fsp3) is 0.588. The molecule has 1 saturated heterocycles. The molecular weight excluding hydrogens is 310 g/mol. The van der Waals surface area contributed by atoms with Crippen molar-refractivity contribution in [3.05, 3.63) is 21.8 Å². The predicted octanol–water partition coefficient (Wildman–Crippen LogP) is 2.89. The molecule has 0 atom stereocenters. The summed E-state index contributed by atoms with van der Waals surface area (Å²) in [6.07, 6.45) is 4.11. The van der Waals surface area contributed by atoms with Crippen LogP contribution in [-0.4, -0.2) is 43.1 Å². The third-order valence-electron chi connectivity index (χ3n) is 4.88. The zero-order chi connectivity index (χ0) is 16.6. The number of rotatable bonds is 3. The van der Waals surface area contributed by atoms with Gasteiger partial charge in [0.25, 0.3) is 0 Å². The lowest BCUT2D eigenvalue weighted by Crippen LogP contribution is -2.42. The summed E-state index contributed by atoms with van der Waals surface area (Å²) in [5.74, 6) is 0.952. The quantitative estimate of drug-likeness (QED) is 0.798. The Morgan fingerprint density at radius 3 is 2.17 bits per heavy atom. The average molecular weight is 330 g/mol. The Kier molecular flexibility index (Phi) is 4.43. The maximum Gasteiger partial charge on any atom is 0.149 e. The lowest BCUT2D eigenvalue weighted by atomic mass is 9.98. The van der Waals surface area contributed by atoms with Crippen molar-refractivity contribution in [2.45, 2.75) is 37.6 Å². The number of pyridine rings is 1. The molecular formula is C17H20ClN5. The van der Waals surface area contributed by atoms with Crippen molar-refractivity contribution >= 4 is 17.4 Å². The number of hydrogen-bond donors (Lipinski definition) is 0. The monoisotopic (exact) mass is 329 g/mol. The maximum absolute atomic E-state index is 9.68. The molecule has 0 N–H and O–H groups in total. The van der Waals surface area contributed by atoms with Crippen LogP contribution in [0.1, 0.15) is 48.3 Å². The number of aromatic nitrogens is 1. The van der Waals surface area contributed by atoms with Gasteiger partial charge in [-0.15, -0.1) is 0 Å². The summed E-state index contributed by atoms with van der Waals surface area (Å²) < 4.78 is 0. The van der Waals surface area contributed by atoms with Gasteiger partial charge in [0.2, 0.25) is 0 Å². The molecule has 2 fully saturated rings. The first-order valence-corrected chi connectivity index (χ1v) is 8.39. The van der Waals surface area contributed by atoms with E-state index in [-0.39, 0.29) is 11.1 Å². The molecule has 5 nitrogen and oxygen atoms in total. The normalized spacial score (nSPS) is 18.8. The standard InChI is InChI=1S/C17H20ClN5/c1-22(2)12-5-7-23(8-6-12)17-14(10-20)15(11-3-4-11)13(9-19)16(18)21-17/h11-12H,3-8H2,1-2H3. The summed E-state index contributed by atoms with van der Waals surface area (Å²) in [6.45, 7) is 1.72. The van der Waals surface area contributed by atoms with Crippen molar-refractivity contribution in [1.29, 1.82) is 10.5 Å². The van der Waals surface area contributed by atoms with Crippen molar-refractivity contribution in [3.63, 3.8) is 0 Å². The van der Waals surface area contributed by atoms with Gasteiger partial charge in [-0.2, -0.15) is 10.5 Å². The highest BCUT2D eigenvalue weighted by molar-refractivity contribution is 6.30. The van der Waals surface area contributed by atoms with Crippen LogP contribution in [0.4, 0.5) is 5.82 Å². The Hall–Kier alpha value is -1.82. The van der Waals surface area contributed by atoms with Crippen LogP contribution in [0.15, 0.2) is 0 Å². The number of piperidine rings is 1. The van der Waals surface area contributed by atoms with E-state index in [1.165, 1.54) is 0 Å². The fourth-order valence-electron chi connectivity index (χ4n) is 3.38. The van der Waals surface area contributed by atoms with Crippen LogP contribution in [0.5, 0.6) is 0 Å². The van der Waals surface area contributed by atoms with Gasteiger partial charge in [-0.3, -0.25) is 0 Å². The molecule has 0 spiro atoms. The first-order valence-electron chi connectivity index (χ1n) is 8.01. The number of nitriles is 2. The molecule has 120 valence electrons. The highest BCUT2D eigenvalue weighted by Crippen LogP contribution is 2.46. The maximum atomic E-state index is 9.68. The molecule has 1 aliphatic heterocycles. The SMILES string of the molecule is CN(C)C1CCN(c2nc(Cl)c(C#N)c(C3CC3)c2C#N)CC1. The lowest BCUT2D eigenvalue weighted by Gasteiger charge is -2.36. The van der Waals surface area contributed by atoms with E-state index in [4.69, 9.17) is 11.6 Å². The third kappa shape index (κ3) is 3.00. The van der Waals surface area contributed by atoms with Gasteiger partial charge in [0.05, 0.1) is 11.1 Å². The van der Waals surface area contributed by atoms with E-state index in [0.29, 0.717) is 23.0 Å². The van der Waals surface area contributed by atoms with E-state index in [0.717, 1.165) is 44.3 Å². The molecule has 0 aromatic carbocycles. The summed E-state index contributed by atoms with van der Waals surface area (Å²) >= 11 is 6.26. The van der Waals surface area contributed by atoms with E-state index < -0.39 is 0 Å². The van der Waals surface area contributed by atoms with Crippen molar-refractivity contribution in [1.82, 2.24) is 9.88 Å². The van der Waals surface area contributed by atoms with E-state index in [2.05, 4.69) is 41.0 Å². The van der Waals surface area contributed by atoms with E-state index in [1.54, 1.807) is 0 Å². The molecule has 0 amide bonds. The molecule has 23 heavy (non-hydrogen) atoms. The van der Waals surface area contributed by atoms with Crippen LogP contribution >= 0.6 is 11.6 Å². The number of hydrogen-bond acceptors (Lipinski definition) is 5. The fourth-order valence-corrected chi connectivity index (χ4v) is 3.61. The first kappa shape index (κ1) is 16.1. The van der Waals surface area contributed by atoms with Gasteiger partial charge in [0.1, 0.15) is 23.1 Å². The van der Waals surface area contributed by atoms with Gasteiger partial charge < -0.3 is 9.80 Å². The van der Waals surface area contributed by atoms with Crippen molar-refractivity contribution in [2.75, 3.05) is 32.1 Å². The summed E-state index contributed by atoms with van der Waals surface area (Å²) in [4.78, 5) is 8.81. The van der Waals surface area contributed by atoms with E-state index in [9.17, 15) is 10.5 Å². The Balaban J connectivity index is 1.98. The van der Waals surface area contributed by atoms with Crippen LogP contribution in [0, 0.1) is 22.7 Å². The van der Waals surface area contributed by atoms with Gasteiger partial charge in [0, 0.05) is 19.1 Å². The molecule has 2 heterocycles. The molecule has 0 radical (unpaired) electrons. The van der Waals surface area contributed by atoms with Crippen molar-refractivity contribution in [3.8, 4) is 12.1 Å². The first-order chi connectivity index (χ1) is 11.1. The van der Waals surface area contributed by atoms with Crippen molar-refractivity contribution in [2.24, 2.45) is 0 Å². The van der Waals surface area contributed by atoms with Gasteiger partial charge in [-0.05, 0) is 51.3 Å². The molecule has 1 saturated carbocycles. The Morgan fingerprint density at radius 1 is 1.09 bits per heavy atom. The van der Waals surface area contributed by atoms with Crippen LogP contribution in [0.2, 0.25) is 5.15 Å². The highest BCUT2D eigenvalue weighted by Gasteiger charge is 2.34. The summed E-state index contributed by atoms with van der Waals surface area (Å²) in [6, 6.07) is 5.00. The largest absolute Gasteiger partial charge is 0.355 e. The highest BCUT2D eigenvalue weighted by atomic mass is 35.5. The number of halogens is 1. The second kappa shape index (κ2) is 6.35. The zero-order valence-electron chi connectivity index (χ0n) is 13.5. The number of nitrogens with zero attached hydrogens (tertiary/aromatic N) is 5. The average Bonchev–Trinajstić information content (AvgIpc) is 3.38. The summed E-state index contributed by atoms with van der Waals surface area (Å²) in [5.41, 5.74) is 1.76. The second-order valence-corrected chi connectivity index (χ2v) is 6.93. The lowest BCUT2D eigenvalue weighted by molar-refractivity contribution is 0.249. The molecule has 0 unspecified atom stereocenters. The van der Waals surface area contributed by atoms with Gasteiger partial charge in [0.15, 0.2) is 0 Å². The Labute approximate surface area is 142 Å². The van der Waals surface area contributed by atoms with Crippen LogP contribution in [-0.2, 0) is 0 Å². The van der Waals surface area contributed by atoms with Crippen LogP contribution in [0.25, 0.3) is 0 Å². The van der Waals surface area contributed by atoms with Crippen LogP contribution < -0.4 is 4.90 Å². The molecule has 1 aromatic rings. The minimum Gasteiger partial charge on any atom is -0.355 e. The molecule has 1 aromatic heterocycles. The smallest absolute Gasteiger partial charge is 0.149 e. The topological polar surface area (TPSA) is 66.9 Å². The Bertz CT molecular complexity index is 688. The minimum absolute atomic E-state index is 0.234. The minimum atomic E-state index is 0.234. The summed E-state index contributed by atoms with van der Waals surface area (Å²) in [7, 11) is 4.20. The van der Waals surface area contributed by atoms with Gasteiger partial charge in [-0.25, -0.2) is 4.98 Å². The zero-order valence-corrected chi connectivity index (χ0v) is 14.3. The van der Waals surface area contributed by atoms with E-state index in [1.807, 2.05) is 0 Å². The molecule has 1 aliphatic carbocycles. The van der Waals surface area contributed by atoms with Crippen LogP contribution in [0.3, 0.4) is 0 Å². The van der Waals surface area contributed by atoms with Gasteiger partial charge in [-0.1, -0.05) is 11.6 Å². The number of anilines is 1. The molecule has 0 bridgehead atoms. The van der Waals surface area contributed by atoms with Crippen molar-refractivity contribution < 1.29 is 0 Å². The second-order valence-electron chi connectivity index (χ2n) is 6.57. The summed E-state index contributed by atoms with van der Waals surface area (Å²) in [5, 5.41) is 19.3. The molecule has 3 rings (SSSR count). The molecule has 2 aliphatic rings. The van der Waals surface area contributed by atoms with E-state index >= 15 is 0 Å². The third-order valence-corrected chi connectivity index (χ3v) is 5.15. The van der Waals surface area contributed by atoms with Gasteiger partial charge >= 0.3 is 0 Å². The Morgan fingerprint density at radius 2 is 1.70 bits per heavy atom. The molecule has 6 heteroatoms. The predicted molar refractivity (Wildman–Crippen MR) is 89.6 cm³/mol.